The van der Waals surface area contributed by atoms with E-state index in [0.717, 1.165) is 24.3 Å². The van der Waals surface area contributed by atoms with Crippen molar-refractivity contribution in [1.82, 2.24) is 5.32 Å². The summed E-state index contributed by atoms with van der Waals surface area (Å²) in [7, 11) is 1.94. The van der Waals surface area contributed by atoms with Gasteiger partial charge in [-0.15, -0.1) is 0 Å². The third-order valence-electron chi connectivity index (χ3n) is 2.63. The van der Waals surface area contributed by atoms with Crippen LogP contribution in [0.25, 0.3) is 0 Å². The van der Waals surface area contributed by atoms with Crippen LogP contribution in [0.5, 0.6) is 11.5 Å². The fourth-order valence-electron chi connectivity index (χ4n) is 1.81. The Morgan fingerprint density at radius 2 is 1.87 bits per heavy atom. The highest BCUT2D eigenvalue weighted by atomic mass is 16.7. The molecule has 1 aromatic carbocycles. The van der Waals surface area contributed by atoms with Gasteiger partial charge >= 0.3 is 0 Å². The Morgan fingerprint density at radius 3 is 2.33 bits per heavy atom. The minimum atomic E-state index is -0.188. The topological polar surface area (TPSA) is 30.5 Å². The number of para-hydroxylation sites is 2. The zero-order valence-electron chi connectivity index (χ0n) is 9.19. The van der Waals surface area contributed by atoms with E-state index in [1.165, 1.54) is 0 Å². The fraction of sp³-hybridized carbons (Fsp3) is 0.500. The number of rotatable bonds is 4. The van der Waals surface area contributed by atoms with E-state index in [0.29, 0.717) is 0 Å². The van der Waals surface area contributed by atoms with Crippen LogP contribution in [0, 0.1) is 0 Å². The lowest BCUT2D eigenvalue weighted by molar-refractivity contribution is 0.0137. The van der Waals surface area contributed by atoms with Crippen molar-refractivity contribution in [2.45, 2.75) is 32.1 Å². The van der Waals surface area contributed by atoms with Gasteiger partial charge in [0.05, 0.1) is 6.04 Å². The summed E-state index contributed by atoms with van der Waals surface area (Å²) >= 11 is 0. The third kappa shape index (κ3) is 2.07. The first-order valence-corrected chi connectivity index (χ1v) is 5.44. The Morgan fingerprint density at radius 1 is 1.27 bits per heavy atom. The molecular weight excluding hydrogens is 190 g/mol. The SMILES string of the molecule is CCCC(NC)C1Oc2ccccc2O1. The van der Waals surface area contributed by atoms with Crippen LogP contribution in [0.15, 0.2) is 24.3 Å². The maximum absolute atomic E-state index is 5.73. The van der Waals surface area contributed by atoms with Crippen LogP contribution >= 0.6 is 0 Å². The summed E-state index contributed by atoms with van der Waals surface area (Å²) in [5.41, 5.74) is 0. The average molecular weight is 207 g/mol. The van der Waals surface area contributed by atoms with E-state index in [4.69, 9.17) is 9.47 Å². The molecule has 1 heterocycles. The average Bonchev–Trinajstić information content (AvgIpc) is 2.69. The first-order chi connectivity index (χ1) is 7.35. The van der Waals surface area contributed by atoms with Gasteiger partial charge in [-0.2, -0.15) is 0 Å². The van der Waals surface area contributed by atoms with Crippen molar-refractivity contribution in [1.29, 1.82) is 0 Å². The molecule has 2 rings (SSSR count). The summed E-state index contributed by atoms with van der Waals surface area (Å²) in [6.45, 7) is 2.16. The van der Waals surface area contributed by atoms with Crippen molar-refractivity contribution >= 4 is 0 Å². The Kier molecular flexibility index (Phi) is 3.11. The van der Waals surface area contributed by atoms with Crippen LogP contribution in [0.3, 0.4) is 0 Å². The number of fused-ring (bicyclic) bond motifs is 1. The smallest absolute Gasteiger partial charge is 0.256 e. The zero-order valence-corrected chi connectivity index (χ0v) is 9.19. The van der Waals surface area contributed by atoms with E-state index in [9.17, 15) is 0 Å². The largest absolute Gasteiger partial charge is 0.449 e. The molecule has 1 aliphatic heterocycles. The number of likely N-dealkylation sites (N-methyl/N-ethyl adjacent to an activating group) is 1. The first-order valence-electron chi connectivity index (χ1n) is 5.44. The van der Waals surface area contributed by atoms with Crippen molar-refractivity contribution < 1.29 is 9.47 Å². The summed E-state index contributed by atoms with van der Waals surface area (Å²) in [5, 5.41) is 3.23. The Balaban J connectivity index is 2.05. The fourth-order valence-corrected chi connectivity index (χ4v) is 1.81. The molecule has 0 radical (unpaired) electrons. The highest BCUT2D eigenvalue weighted by molar-refractivity contribution is 5.41. The van der Waals surface area contributed by atoms with Crippen LogP contribution in [-0.4, -0.2) is 19.4 Å². The predicted molar refractivity (Wildman–Crippen MR) is 59.2 cm³/mol. The number of nitrogens with one attached hydrogen (secondary N) is 1. The van der Waals surface area contributed by atoms with Gasteiger partial charge < -0.3 is 14.8 Å². The van der Waals surface area contributed by atoms with Gasteiger partial charge in [0.25, 0.3) is 6.29 Å². The molecule has 1 aliphatic rings. The number of hydrogen-bond donors (Lipinski definition) is 1. The quantitative estimate of drug-likeness (QED) is 0.820. The van der Waals surface area contributed by atoms with Crippen LogP contribution in [0.4, 0.5) is 0 Å². The van der Waals surface area contributed by atoms with Crippen LogP contribution < -0.4 is 14.8 Å². The lowest BCUT2D eigenvalue weighted by Gasteiger charge is -2.21. The van der Waals surface area contributed by atoms with E-state index in [2.05, 4.69) is 12.2 Å². The molecule has 0 saturated carbocycles. The second-order valence-electron chi connectivity index (χ2n) is 3.73. The van der Waals surface area contributed by atoms with Gasteiger partial charge in [-0.05, 0) is 25.6 Å². The van der Waals surface area contributed by atoms with E-state index in [1.54, 1.807) is 0 Å². The normalized spacial score (nSPS) is 16.7. The van der Waals surface area contributed by atoms with Crippen LogP contribution in [0.2, 0.25) is 0 Å². The highest BCUT2D eigenvalue weighted by Crippen LogP contribution is 2.35. The number of hydrogen-bond acceptors (Lipinski definition) is 3. The first kappa shape index (κ1) is 10.3. The lowest BCUT2D eigenvalue weighted by Crippen LogP contribution is -2.42. The van der Waals surface area contributed by atoms with E-state index in [1.807, 2.05) is 31.3 Å². The van der Waals surface area contributed by atoms with E-state index in [-0.39, 0.29) is 12.3 Å². The number of benzene rings is 1. The molecule has 0 spiro atoms. The molecule has 0 amide bonds. The summed E-state index contributed by atoms with van der Waals surface area (Å²) < 4.78 is 11.5. The predicted octanol–water partition coefficient (Wildman–Crippen LogP) is 2.17. The molecule has 82 valence electrons. The van der Waals surface area contributed by atoms with Crippen molar-refractivity contribution in [3.05, 3.63) is 24.3 Å². The number of ether oxygens (including phenoxy) is 2. The van der Waals surface area contributed by atoms with Crippen molar-refractivity contribution in [2.24, 2.45) is 0 Å². The molecule has 1 atom stereocenters. The summed E-state index contributed by atoms with van der Waals surface area (Å²) in [6, 6.07) is 8.04. The molecular formula is C12H17NO2. The summed E-state index contributed by atoms with van der Waals surface area (Å²) in [5.74, 6) is 1.69. The van der Waals surface area contributed by atoms with Gasteiger partial charge in [-0.3, -0.25) is 0 Å². The van der Waals surface area contributed by atoms with Crippen LogP contribution in [0.1, 0.15) is 19.8 Å². The summed E-state index contributed by atoms with van der Waals surface area (Å²) in [6.07, 6.45) is 1.98. The second kappa shape index (κ2) is 4.53. The van der Waals surface area contributed by atoms with Crippen molar-refractivity contribution in [3.63, 3.8) is 0 Å². The minimum Gasteiger partial charge on any atom is -0.449 e. The highest BCUT2D eigenvalue weighted by Gasteiger charge is 2.30. The third-order valence-corrected chi connectivity index (χ3v) is 2.63. The maximum Gasteiger partial charge on any atom is 0.256 e. The Labute approximate surface area is 90.4 Å². The monoisotopic (exact) mass is 207 g/mol. The van der Waals surface area contributed by atoms with Gasteiger partial charge in [0, 0.05) is 0 Å². The van der Waals surface area contributed by atoms with E-state index < -0.39 is 0 Å². The molecule has 3 heteroatoms. The molecule has 3 nitrogen and oxygen atoms in total. The molecule has 0 fully saturated rings. The molecule has 0 aliphatic carbocycles. The Bertz CT molecular complexity index is 302. The summed E-state index contributed by atoms with van der Waals surface area (Å²) in [4.78, 5) is 0. The van der Waals surface area contributed by atoms with Gasteiger partial charge in [0.15, 0.2) is 11.5 Å². The van der Waals surface area contributed by atoms with Gasteiger partial charge in [0.1, 0.15) is 0 Å². The van der Waals surface area contributed by atoms with Gasteiger partial charge in [-0.1, -0.05) is 25.5 Å². The Hall–Kier alpha value is -1.22. The molecule has 0 aromatic heterocycles. The molecule has 0 saturated heterocycles. The minimum absolute atomic E-state index is 0.188. The van der Waals surface area contributed by atoms with Gasteiger partial charge in [-0.25, -0.2) is 0 Å². The standard InChI is InChI=1S/C12H17NO2/c1-3-6-9(13-2)12-14-10-7-4-5-8-11(10)15-12/h4-5,7-9,12-13H,3,6H2,1-2H3. The van der Waals surface area contributed by atoms with Crippen molar-refractivity contribution in [2.75, 3.05) is 7.05 Å². The molecule has 1 N–H and O–H groups in total. The van der Waals surface area contributed by atoms with Crippen LogP contribution in [-0.2, 0) is 0 Å². The second-order valence-corrected chi connectivity index (χ2v) is 3.73. The molecule has 0 bridgehead atoms. The lowest BCUT2D eigenvalue weighted by atomic mass is 10.1. The van der Waals surface area contributed by atoms with Crippen molar-refractivity contribution in [3.8, 4) is 11.5 Å². The van der Waals surface area contributed by atoms with E-state index >= 15 is 0 Å². The maximum atomic E-state index is 5.73. The zero-order chi connectivity index (χ0) is 10.7. The molecule has 15 heavy (non-hydrogen) atoms. The molecule has 1 unspecified atom stereocenters. The molecule has 1 aromatic rings. The van der Waals surface area contributed by atoms with Gasteiger partial charge in [0.2, 0.25) is 0 Å².